The minimum atomic E-state index is -1.21. The Hall–Kier alpha value is -3.40. The number of aromatic amines is 1. The van der Waals surface area contributed by atoms with E-state index in [-0.39, 0.29) is 28.3 Å². The zero-order valence-corrected chi connectivity index (χ0v) is 20.7. The fourth-order valence-electron chi connectivity index (χ4n) is 6.17. The minimum absolute atomic E-state index is 0.0444. The second-order valence-electron chi connectivity index (χ2n) is 10.6. The molecule has 2 aliphatic heterocycles. The first-order valence-electron chi connectivity index (χ1n) is 12.5. The van der Waals surface area contributed by atoms with E-state index >= 15 is 0 Å². The second kappa shape index (κ2) is 9.48. The number of piperidine rings is 2. The van der Waals surface area contributed by atoms with Crippen molar-refractivity contribution in [1.82, 2.24) is 19.8 Å². The van der Waals surface area contributed by atoms with E-state index in [0.717, 1.165) is 61.1 Å². The number of hydrogen-bond donors (Lipinski definition) is 2. The van der Waals surface area contributed by atoms with Crippen LogP contribution in [0.5, 0.6) is 0 Å². The summed E-state index contributed by atoms with van der Waals surface area (Å²) >= 11 is 0. The number of halogens is 3. The number of aromatic nitrogens is 2. The summed E-state index contributed by atoms with van der Waals surface area (Å²) in [5.74, 6) is -2.83. The largest absolute Gasteiger partial charge is 0.348 e. The van der Waals surface area contributed by atoms with Crippen molar-refractivity contribution >= 4 is 16.8 Å². The maximum absolute atomic E-state index is 14.4. The van der Waals surface area contributed by atoms with Crippen LogP contribution in [0.3, 0.4) is 0 Å². The van der Waals surface area contributed by atoms with E-state index < -0.39 is 46.7 Å². The predicted molar refractivity (Wildman–Crippen MR) is 133 cm³/mol. The first-order chi connectivity index (χ1) is 17.6. The van der Waals surface area contributed by atoms with Gasteiger partial charge in [0.25, 0.3) is 5.56 Å². The average Bonchev–Trinajstić information content (AvgIpc) is 2.84. The summed E-state index contributed by atoms with van der Waals surface area (Å²) in [5, 5.41) is 2.68. The molecule has 0 spiro atoms. The third-order valence-corrected chi connectivity index (χ3v) is 8.14. The van der Waals surface area contributed by atoms with E-state index in [1.54, 1.807) is 6.92 Å². The molecular weight excluding hydrogens is 485 g/mol. The van der Waals surface area contributed by atoms with Crippen LogP contribution in [-0.2, 0) is 4.79 Å². The molecule has 37 heavy (non-hydrogen) atoms. The number of hydrogen-bond acceptors (Lipinski definition) is 4. The SMILES string of the molecule is C[C@H](NC(=O)[C@@H](CC12CCC(CC1)N(C)C2)n1c(=O)[nH]c2ccc(F)cc2c1=O)c1ccc(F)cc1F. The Morgan fingerprint density at radius 1 is 1.11 bits per heavy atom. The molecule has 6 rings (SSSR count). The molecule has 196 valence electrons. The van der Waals surface area contributed by atoms with Gasteiger partial charge in [0, 0.05) is 24.2 Å². The van der Waals surface area contributed by atoms with Crippen LogP contribution in [0, 0.1) is 22.9 Å². The summed E-state index contributed by atoms with van der Waals surface area (Å²) in [5.41, 5.74) is -1.60. The van der Waals surface area contributed by atoms with Gasteiger partial charge in [-0.15, -0.1) is 0 Å². The Balaban J connectivity index is 1.56. The first kappa shape index (κ1) is 25.3. The Morgan fingerprint density at radius 2 is 1.78 bits per heavy atom. The quantitative estimate of drug-likeness (QED) is 0.524. The molecule has 2 aromatic carbocycles. The highest BCUT2D eigenvalue weighted by atomic mass is 19.1. The maximum atomic E-state index is 14.4. The van der Waals surface area contributed by atoms with Crippen molar-refractivity contribution in [2.24, 2.45) is 5.41 Å². The van der Waals surface area contributed by atoms with Gasteiger partial charge in [-0.3, -0.25) is 9.59 Å². The number of carbonyl (C=O) groups excluding carboxylic acids is 1. The van der Waals surface area contributed by atoms with Crippen LogP contribution in [-0.4, -0.2) is 40.0 Å². The number of amides is 1. The van der Waals surface area contributed by atoms with Gasteiger partial charge in [0.2, 0.25) is 5.91 Å². The summed E-state index contributed by atoms with van der Waals surface area (Å²) in [6, 6.07) is 4.97. The molecule has 0 radical (unpaired) electrons. The van der Waals surface area contributed by atoms with E-state index in [0.29, 0.717) is 6.04 Å². The lowest BCUT2D eigenvalue weighted by molar-refractivity contribution is -0.127. The molecule has 10 heteroatoms. The predicted octanol–water partition coefficient (Wildman–Crippen LogP) is 3.79. The number of benzene rings is 2. The van der Waals surface area contributed by atoms with Gasteiger partial charge in [0.1, 0.15) is 23.5 Å². The van der Waals surface area contributed by atoms with Crippen LogP contribution in [0.1, 0.15) is 56.7 Å². The molecule has 3 heterocycles. The van der Waals surface area contributed by atoms with Gasteiger partial charge in [0.15, 0.2) is 0 Å². The van der Waals surface area contributed by atoms with Gasteiger partial charge in [-0.05, 0) is 75.8 Å². The highest BCUT2D eigenvalue weighted by Crippen LogP contribution is 2.48. The third-order valence-electron chi connectivity index (χ3n) is 8.14. The number of rotatable bonds is 6. The van der Waals surface area contributed by atoms with Gasteiger partial charge in [-0.2, -0.15) is 0 Å². The Bertz CT molecular complexity index is 1480. The van der Waals surface area contributed by atoms with Gasteiger partial charge < -0.3 is 15.2 Å². The molecule has 2 saturated heterocycles. The lowest BCUT2D eigenvalue weighted by atomic mass is 9.65. The lowest BCUT2D eigenvalue weighted by Crippen LogP contribution is -2.55. The number of H-pyrrole nitrogens is 1. The molecule has 7 nitrogen and oxygen atoms in total. The highest BCUT2D eigenvalue weighted by Gasteiger charge is 2.46. The highest BCUT2D eigenvalue weighted by molar-refractivity contribution is 5.82. The van der Waals surface area contributed by atoms with Crippen LogP contribution in [0.25, 0.3) is 10.9 Å². The van der Waals surface area contributed by atoms with Crippen molar-refractivity contribution in [2.75, 3.05) is 13.6 Å². The first-order valence-corrected chi connectivity index (χ1v) is 12.5. The van der Waals surface area contributed by atoms with Crippen LogP contribution in [0.4, 0.5) is 13.2 Å². The normalized spacial score (nSPS) is 23.2. The number of nitrogens with zero attached hydrogens (tertiary/aromatic N) is 2. The molecule has 2 bridgehead atoms. The molecule has 1 aliphatic carbocycles. The van der Waals surface area contributed by atoms with Crippen molar-refractivity contribution < 1.29 is 18.0 Å². The summed E-state index contributed by atoms with van der Waals surface area (Å²) in [6.07, 6.45) is 3.83. The fourth-order valence-corrected chi connectivity index (χ4v) is 6.17. The minimum Gasteiger partial charge on any atom is -0.348 e. The van der Waals surface area contributed by atoms with Crippen molar-refractivity contribution in [3.63, 3.8) is 0 Å². The summed E-state index contributed by atoms with van der Waals surface area (Å²) in [7, 11) is 2.03. The Labute approximate surface area is 211 Å². The van der Waals surface area contributed by atoms with Gasteiger partial charge in [-0.1, -0.05) is 6.07 Å². The molecular formula is C27H29F3N4O3. The smallest absolute Gasteiger partial charge is 0.329 e. The third kappa shape index (κ3) is 4.70. The van der Waals surface area contributed by atoms with Crippen LogP contribution >= 0.6 is 0 Å². The zero-order chi connectivity index (χ0) is 26.5. The van der Waals surface area contributed by atoms with Gasteiger partial charge in [0.05, 0.1) is 16.9 Å². The molecule has 3 fully saturated rings. The van der Waals surface area contributed by atoms with Crippen molar-refractivity contribution in [3.8, 4) is 0 Å². The van der Waals surface area contributed by atoms with Crippen LogP contribution < -0.4 is 16.6 Å². The summed E-state index contributed by atoms with van der Waals surface area (Å²) in [4.78, 5) is 45.2. The summed E-state index contributed by atoms with van der Waals surface area (Å²) in [6.45, 7) is 2.27. The average molecular weight is 515 g/mol. The monoisotopic (exact) mass is 514 g/mol. The van der Waals surface area contributed by atoms with E-state index in [9.17, 15) is 27.6 Å². The molecule has 3 aromatic rings. The fraction of sp³-hybridized carbons (Fsp3) is 0.444. The van der Waals surface area contributed by atoms with Crippen molar-refractivity contribution in [2.45, 2.75) is 57.2 Å². The molecule has 0 unspecified atom stereocenters. The van der Waals surface area contributed by atoms with Crippen molar-refractivity contribution in [1.29, 1.82) is 0 Å². The zero-order valence-electron chi connectivity index (χ0n) is 20.7. The van der Waals surface area contributed by atoms with E-state index in [1.807, 2.05) is 7.05 Å². The lowest BCUT2D eigenvalue weighted by Gasteiger charge is -2.52. The van der Waals surface area contributed by atoms with Crippen LogP contribution in [0.15, 0.2) is 46.0 Å². The number of carbonyl (C=O) groups is 1. The maximum Gasteiger partial charge on any atom is 0.329 e. The molecule has 2 N–H and O–H groups in total. The Kier molecular flexibility index (Phi) is 6.47. The molecule has 2 atom stereocenters. The van der Waals surface area contributed by atoms with Crippen LogP contribution in [0.2, 0.25) is 0 Å². The molecule has 1 saturated carbocycles. The molecule has 3 aliphatic rings. The van der Waals surface area contributed by atoms with Gasteiger partial charge >= 0.3 is 5.69 Å². The van der Waals surface area contributed by atoms with E-state index in [1.165, 1.54) is 12.1 Å². The number of fused-ring (bicyclic) bond motifs is 4. The molecule has 1 aromatic heterocycles. The van der Waals surface area contributed by atoms with Crippen molar-refractivity contribution in [3.05, 3.63) is 80.3 Å². The second-order valence-corrected chi connectivity index (χ2v) is 10.6. The molecule has 1 amide bonds. The topological polar surface area (TPSA) is 87.2 Å². The standard InChI is InChI=1S/C27H29F3N4O3/c1-15(19-5-3-17(29)12-21(19)30)31-24(35)23(13-27-9-7-18(8-10-27)33(2)14-27)34-25(36)20-11-16(28)4-6-22(20)32-26(34)37/h3-6,11-12,15,18,23H,7-10,13-14H2,1-2H3,(H,31,35)(H,32,37)/t15-,18?,23+,27?/m0/s1. The van der Waals surface area contributed by atoms with E-state index in [4.69, 9.17) is 0 Å². The summed E-state index contributed by atoms with van der Waals surface area (Å²) < 4.78 is 42.7. The number of nitrogens with one attached hydrogen (secondary N) is 2. The van der Waals surface area contributed by atoms with E-state index in [2.05, 4.69) is 15.2 Å². The Morgan fingerprint density at radius 3 is 2.46 bits per heavy atom. The van der Waals surface area contributed by atoms with Gasteiger partial charge in [-0.25, -0.2) is 22.5 Å².